The van der Waals surface area contributed by atoms with Gasteiger partial charge in [-0.3, -0.25) is 4.79 Å². The number of rotatable bonds is 7. The molecule has 0 heterocycles. The Bertz CT molecular complexity index is 831. The van der Waals surface area contributed by atoms with Crippen LogP contribution in [0.4, 0.5) is 5.69 Å². The SMILES string of the molecule is COC(=O)c1cc(OC)c(OC)c(OC)c1NC(=O)c1ccc(OC)cc1. The molecule has 1 N–H and O–H groups in total. The zero-order valence-electron chi connectivity index (χ0n) is 15.7. The fourth-order valence-corrected chi connectivity index (χ4v) is 2.48. The summed E-state index contributed by atoms with van der Waals surface area (Å²) in [6.45, 7) is 0. The lowest BCUT2D eigenvalue weighted by Gasteiger charge is -2.19. The van der Waals surface area contributed by atoms with Crippen molar-refractivity contribution in [1.82, 2.24) is 0 Å². The Morgan fingerprint density at radius 2 is 1.44 bits per heavy atom. The van der Waals surface area contributed by atoms with Gasteiger partial charge in [0.15, 0.2) is 11.5 Å². The normalized spacial score (nSPS) is 9.96. The van der Waals surface area contributed by atoms with E-state index < -0.39 is 11.9 Å². The van der Waals surface area contributed by atoms with Gasteiger partial charge in [-0.15, -0.1) is 0 Å². The molecule has 0 aliphatic rings. The number of carbonyl (C=O) groups excluding carboxylic acids is 2. The number of benzene rings is 2. The first-order chi connectivity index (χ1) is 13.0. The van der Waals surface area contributed by atoms with Crippen molar-refractivity contribution in [2.24, 2.45) is 0 Å². The van der Waals surface area contributed by atoms with Crippen LogP contribution in [0.1, 0.15) is 20.7 Å². The molecular formula is C19H21NO7. The molecule has 0 spiro atoms. The van der Waals surface area contributed by atoms with Crippen LogP contribution in [0.15, 0.2) is 30.3 Å². The largest absolute Gasteiger partial charge is 0.497 e. The molecule has 27 heavy (non-hydrogen) atoms. The highest BCUT2D eigenvalue weighted by atomic mass is 16.5. The van der Waals surface area contributed by atoms with Gasteiger partial charge in [-0.1, -0.05) is 0 Å². The lowest BCUT2D eigenvalue weighted by molar-refractivity contribution is 0.0601. The lowest BCUT2D eigenvalue weighted by Crippen LogP contribution is -2.17. The van der Waals surface area contributed by atoms with Gasteiger partial charge in [-0.05, 0) is 24.3 Å². The second-order valence-corrected chi connectivity index (χ2v) is 5.24. The Morgan fingerprint density at radius 3 is 1.93 bits per heavy atom. The molecule has 0 unspecified atom stereocenters. The monoisotopic (exact) mass is 375 g/mol. The van der Waals surface area contributed by atoms with Crippen molar-refractivity contribution < 1.29 is 33.3 Å². The number of esters is 1. The lowest BCUT2D eigenvalue weighted by atomic mass is 10.1. The standard InChI is InChI=1S/C19H21NO7/c1-23-12-8-6-11(7-9-12)18(21)20-15-13(19(22)27-5)10-14(24-2)16(25-3)17(15)26-4/h6-10H,1-5H3,(H,20,21). The Kier molecular flexibility index (Phi) is 6.48. The molecule has 0 radical (unpaired) electrons. The molecule has 144 valence electrons. The van der Waals surface area contributed by atoms with Crippen molar-refractivity contribution in [2.45, 2.75) is 0 Å². The fraction of sp³-hybridized carbons (Fsp3) is 0.263. The van der Waals surface area contributed by atoms with Gasteiger partial charge in [0.25, 0.3) is 5.91 Å². The van der Waals surface area contributed by atoms with Crippen LogP contribution >= 0.6 is 0 Å². The molecule has 0 aliphatic carbocycles. The topological polar surface area (TPSA) is 92.3 Å². The second-order valence-electron chi connectivity index (χ2n) is 5.24. The van der Waals surface area contributed by atoms with Crippen LogP contribution < -0.4 is 24.3 Å². The van der Waals surface area contributed by atoms with Crippen LogP contribution in [0.5, 0.6) is 23.0 Å². The first kappa shape index (κ1) is 19.9. The van der Waals surface area contributed by atoms with E-state index in [2.05, 4.69) is 5.32 Å². The number of nitrogens with one attached hydrogen (secondary N) is 1. The summed E-state index contributed by atoms with van der Waals surface area (Å²) in [5.41, 5.74) is 0.542. The zero-order chi connectivity index (χ0) is 20.0. The average Bonchev–Trinajstić information content (AvgIpc) is 2.72. The molecule has 0 saturated carbocycles. The predicted molar refractivity (Wildman–Crippen MR) is 98.4 cm³/mol. The van der Waals surface area contributed by atoms with E-state index in [-0.39, 0.29) is 28.5 Å². The summed E-state index contributed by atoms with van der Waals surface area (Å²) in [7, 11) is 7.01. The first-order valence-electron chi connectivity index (χ1n) is 7.87. The van der Waals surface area contributed by atoms with Crippen molar-refractivity contribution in [1.29, 1.82) is 0 Å². The molecule has 1 amide bonds. The van der Waals surface area contributed by atoms with E-state index in [9.17, 15) is 9.59 Å². The third-order valence-electron chi connectivity index (χ3n) is 3.83. The molecule has 0 bridgehead atoms. The van der Waals surface area contributed by atoms with Crippen molar-refractivity contribution in [3.8, 4) is 23.0 Å². The molecule has 2 aromatic carbocycles. The maximum atomic E-state index is 12.7. The fourth-order valence-electron chi connectivity index (χ4n) is 2.48. The number of amides is 1. The minimum Gasteiger partial charge on any atom is -0.497 e. The smallest absolute Gasteiger partial charge is 0.340 e. The Labute approximate surface area is 156 Å². The molecule has 0 atom stereocenters. The third kappa shape index (κ3) is 4.05. The molecule has 0 fully saturated rings. The second kappa shape index (κ2) is 8.79. The molecule has 0 aromatic heterocycles. The Morgan fingerprint density at radius 1 is 0.815 bits per heavy atom. The van der Waals surface area contributed by atoms with Gasteiger partial charge >= 0.3 is 5.97 Å². The van der Waals surface area contributed by atoms with Gasteiger partial charge in [0.05, 0.1) is 41.1 Å². The highest BCUT2D eigenvalue weighted by Gasteiger charge is 2.26. The molecular weight excluding hydrogens is 354 g/mol. The number of ether oxygens (including phenoxy) is 5. The summed E-state index contributed by atoms with van der Waals surface area (Å²) in [6.07, 6.45) is 0. The quantitative estimate of drug-likeness (QED) is 0.744. The van der Waals surface area contributed by atoms with Gasteiger partial charge < -0.3 is 29.0 Å². The maximum Gasteiger partial charge on any atom is 0.340 e. The Balaban J connectivity index is 2.54. The van der Waals surface area contributed by atoms with Gasteiger partial charge in [0, 0.05) is 11.6 Å². The average molecular weight is 375 g/mol. The highest BCUT2D eigenvalue weighted by molar-refractivity contribution is 6.10. The zero-order valence-corrected chi connectivity index (χ0v) is 15.7. The molecule has 2 rings (SSSR count). The van der Waals surface area contributed by atoms with Crippen molar-refractivity contribution in [3.63, 3.8) is 0 Å². The Hall–Kier alpha value is -3.42. The number of carbonyl (C=O) groups is 2. The first-order valence-corrected chi connectivity index (χ1v) is 7.87. The van der Waals surface area contributed by atoms with Crippen LogP contribution in [0.2, 0.25) is 0 Å². The summed E-state index contributed by atoms with van der Waals surface area (Å²) >= 11 is 0. The summed E-state index contributed by atoms with van der Waals surface area (Å²) in [5, 5.41) is 2.68. The van der Waals surface area contributed by atoms with Crippen molar-refractivity contribution >= 4 is 17.6 Å². The van der Waals surface area contributed by atoms with Crippen molar-refractivity contribution in [2.75, 3.05) is 40.9 Å². The van der Waals surface area contributed by atoms with Crippen LogP contribution in [0.3, 0.4) is 0 Å². The van der Waals surface area contributed by atoms with E-state index >= 15 is 0 Å². The number of anilines is 1. The molecule has 8 heteroatoms. The van der Waals surface area contributed by atoms with Crippen LogP contribution in [-0.4, -0.2) is 47.4 Å². The maximum absolute atomic E-state index is 12.7. The molecule has 0 saturated heterocycles. The predicted octanol–water partition coefficient (Wildman–Crippen LogP) is 2.76. The van der Waals surface area contributed by atoms with E-state index in [1.807, 2.05) is 0 Å². The van der Waals surface area contributed by atoms with E-state index in [0.29, 0.717) is 11.3 Å². The molecule has 8 nitrogen and oxygen atoms in total. The van der Waals surface area contributed by atoms with Crippen LogP contribution in [-0.2, 0) is 4.74 Å². The van der Waals surface area contributed by atoms with Gasteiger partial charge in [-0.25, -0.2) is 4.79 Å². The minimum atomic E-state index is -0.667. The number of methoxy groups -OCH3 is 5. The number of hydrogen-bond donors (Lipinski definition) is 1. The minimum absolute atomic E-state index is 0.0638. The van der Waals surface area contributed by atoms with Crippen molar-refractivity contribution in [3.05, 3.63) is 41.5 Å². The summed E-state index contributed by atoms with van der Waals surface area (Å²) < 4.78 is 25.8. The molecule has 0 aliphatic heterocycles. The molecule has 2 aromatic rings. The van der Waals surface area contributed by atoms with Gasteiger partial charge in [0.1, 0.15) is 11.4 Å². The summed E-state index contributed by atoms with van der Waals surface area (Å²) in [4.78, 5) is 24.9. The summed E-state index contributed by atoms with van der Waals surface area (Å²) in [5.74, 6) is 0.132. The van der Waals surface area contributed by atoms with Gasteiger partial charge in [-0.2, -0.15) is 0 Å². The van der Waals surface area contributed by atoms with Crippen LogP contribution in [0.25, 0.3) is 0 Å². The van der Waals surface area contributed by atoms with E-state index in [0.717, 1.165) is 0 Å². The summed E-state index contributed by atoms with van der Waals surface area (Å²) in [6, 6.07) is 7.92. The number of hydrogen-bond acceptors (Lipinski definition) is 7. The van der Waals surface area contributed by atoms with E-state index in [1.165, 1.54) is 41.6 Å². The van der Waals surface area contributed by atoms with Gasteiger partial charge in [0.2, 0.25) is 5.75 Å². The van der Waals surface area contributed by atoms with E-state index in [1.54, 1.807) is 24.3 Å². The van der Waals surface area contributed by atoms with Crippen LogP contribution in [0, 0.1) is 0 Å². The van der Waals surface area contributed by atoms with E-state index in [4.69, 9.17) is 23.7 Å². The third-order valence-corrected chi connectivity index (χ3v) is 3.83. The highest BCUT2D eigenvalue weighted by Crippen LogP contribution is 2.45.